The number of hydrogen-bond donors (Lipinski definition) is 0. The molecular formula is C22H23FN2O. The highest BCUT2D eigenvalue weighted by Crippen LogP contribution is 2.35. The molecule has 0 fully saturated rings. The molecule has 2 aromatic carbocycles. The van der Waals surface area contributed by atoms with Crippen LogP contribution in [-0.4, -0.2) is 35.8 Å². The van der Waals surface area contributed by atoms with Crippen LogP contribution in [0.5, 0.6) is 0 Å². The number of terminal acetylenes is 1. The first-order valence-corrected chi connectivity index (χ1v) is 8.83. The van der Waals surface area contributed by atoms with Gasteiger partial charge in [-0.25, -0.2) is 4.39 Å². The molecule has 0 aliphatic heterocycles. The van der Waals surface area contributed by atoms with Gasteiger partial charge in [-0.15, -0.1) is 6.42 Å². The van der Waals surface area contributed by atoms with Crippen molar-refractivity contribution in [2.24, 2.45) is 0 Å². The molecule has 1 amide bonds. The largest absolute Gasteiger partial charge is 0.340 e. The van der Waals surface area contributed by atoms with Gasteiger partial charge in [0.15, 0.2) is 0 Å². The highest BCUT2D eigenvalue weighted by atomic mass is 19.1. The zero-order chi connectivity index (χ0) is 18.5. The smallest absolute Gasteiger partial charge is 0.236 e. The standard InChI is InChI=1S/C22H23FN2O/c1-3-14-25(21-13-12-17-8-4-6-10-19(17)21)16-22(26)24(2)15-18-9-5-7-11-20(18)23/h1,4-11,21H,12-16H2,2H3. The highest BCUT2D eigenvalue weighted by molar-refractivity contribution is 5.78. The summed E-state index contributed by atoms with van der Waals surface area (Å²) in [6, 6.07) is 15.0. The molecule has 0 bridgehead atoms. The molecule has 1 unspecified atom stereocenters. The molecule has 0 heterocycles. The van der Waals surface area contributed by atoms with Crippen LogP contribution in [0.1, 0.15) is 29.2 Å². The second kappa shape index (κ2) is 8.16. The Balaban J connectivity index is 1.69. The molecule has 1 aliphatic carbocycles. The van der Waals surface area contributed by atoms with E-state index in [1.807, 2.05) is 17.0 Å². The summed E-state index contributed by atoms with van der Waals surface area (Å²) >= 11 is 0. The molecule has 0 spiro atoms. The molecule has 0 radical (unpaired) electrons. The second-order valence-corrected chi connectivity index (χ2v) is 6.70. The number of carbonyl (C=O) groups is 1. The van der Waals surface area contributed by atoms with Gasteiger partial charge in [0.25, 0.3) is 0 Å². The first kappa shape index (κ1) is 18.2. The van der Waals surface area contributed by atoms with Gasteiger partial charge in [-0.05, 0) is 30.0 Å². The number of rotatable bonds is 6. The fraction of sp³-hybridized carbons (Fsp3) is 0.318. The van der Waals surface area contributed by atoms with E-state index in [0.717, 1.165) is 12.8 Å². The van der Waals surface area contributed by atoms with Crippen molar-refractivity contribution in [1.29, 1.82) is 0 Å². The Morgan fingerprint density at radius 3 is 2.73 bits per heavy atom. The summed E-state index contributed by atoms with van der Waals surface area (Å²) < 4.78 is 13.8. The van der Waals surface area contributed by atoms with Crippen LogP contribution in [0, 0.1) is 18.2 Å². The van der Waals surface area contributed by atoms with E-state index in [-0.39, 0.29) is 30.9 Å². The number of carbonyl (C=O) groups excluding carboxylic acids is 1. The molecule has 26 heavy (non-hydrogen) atoms. The topological polar surface area (TPSA) is 23.6 Å². The maximum atomic E-state index is 13.8. The van der Waals surface area contributed by atoms with Crippen LogP contribution in [0.25, 0.3) is 0 Å². The number of benzene rings is 2. The summed E-state index contributed by atoms with van der Waals surface area (Å²) in [7, 11) is 1.70. The van der Waals surface area contributed by atoms with Gasteiger partial charge in [0.2, 0.25) is 5.91 Å². The van der Waals surface area contributed by atoms with E-state index < -0.39 is 0 Å². The maximum absolute atomic E-state index is 13.8. The third kappa shape index (κ3) is 3.95. The lowest BCUT2D eigenvalue weighted by atomic mass is 10.1. The number of fused-ring (bicyclic) bond motifs is 1. The Morgan fingerprint density at radius 2 is 1.96 bits per heavy atom. The van der Waals surface area contributed by atoms with Crippen LogP contribution in [0.3, 0.4) is 0 Å². The van der Waals surface area contributed by atoms with E-state index in [1.165, 1.54) is 17.2 Å². The quantitative estimate of drug-likeness (QED) is 0.746. The Kier molecular flexibility index (Phi) is 5.70. The predicted octanol–water partition coefficient (Wildman–Crippen LogP) is 3.41. The van der Waals surface area contributed by atoms with Gasteiger partial charge in [-0.1, -0.05) is 48.4 Å². The van der Waals surface area contributed by atoms with E-state index in [0.29, 0.717) is 12.1 Å². The zero-order valence-corrected chi connectivity index (χ0v) is 15.0. The Hall–Kier alpha value is -2.64. The molecule has 1 atom stereocenters. The van der Waals surface area contributed by atoms with E-state index in [9.17, 15) is 9.18 Å². The van der Waals surface area contributed by atoms with Crippen LogP contribution in [-0.2, 0) is 17.8 Å². The van der Waals surface area contributed by atoms with E-state index >= 15 is 0 Å². The lowest BCUT2D eigenvalue weighted by molar-refractivity contribution is -0.132. The number of hydrogen-bond acceptors (Lipinski definition) is 2. The van der Waals surface area contributed by atoms with Crippen LogP contribution in [0.15, 0.2) is 48.5 Å². The Morgan fingerprint density at radius 1 is 1.23 bits per heavy atom. The summed E-state index contributed by atoms with van der Waals surface area (Å²) in [6.45, 7) is 0.892. The number of likely N-dealkylation sites (N-methyl/N-ethyl adjacent to an activating group) is 1. The molecule has 2 aromatic rings. The average molecular weight is 350 g/mol. The summed E-state index contributed by atoms with van der Waals surface area (Å²) in [5.41, 5.74) is 3.09. The minimum Gasteiger partial charge on any atom is -0.340 e. The van der Waals surface area contributed by atoms with Gasteiger partial charge in [0.1, 0.15) is 5.82 Å². The molecule has 134 valence electrons. The molecule has 0 saturated heterocycles. The summed E-state index contributed by atoms with van der Waals surface area (Å²) in [5, 5.41) is 0. The summed E-state index contributed by atoms with van der Waals surface area (Å²) in [5.74, 6) is 2.32. The van der Waals surface area contributed by atoms with Gasteiger partial charge in [-0.3, -0.25) is 9.69 Å². The number of aryl methyl sites for hydroxylation is 1. The number of halogens is 1. The Bertz CT molecular complexity index is 827. The van der Waals surface area contributed by atoms with Crippen molar-refractivity contribution >= 4 is 5.91 Å². The van der Waals surface area contributed by atoms with Gasteiger partial charge in [-0.2, -0.15) is 0 Å². The monoisotopic (exact) mass is 350 g/mol. The molecule has 0 aromatic heterocycles. The minimum absolute atomic E-state index is 0.0621. The van der Waals surface area contributed by atoms with Crippen molar-refractivity contribution in [2.75, 3.05) is 20.1 Å². The third-order valence-corrected chi connectivity index (χ3v) is 4.97. The van der Waals surface area contributed by atoms with Crippen LogP contribution < -0.4 is 0 Å². The SMILES string of the molecule is C#CCN(CC(=O)N(C)Cc1ccccc1F)C1CCc2ccccc21. The van der Waals surface area contributed by atoms with E-state index in [4.69, 9.17) is 6.42 Å². The zero-order valence-electron chi connectivity index (χ0n) is 15.0. The lowest BCUT2D eigenvalue weighted by Gasteiger charge is -2.29. The van der Waals surface area contributed by atoms with Gasteiger partial charge < -0.3 is 4.90 Å². The van der Waals surface area contributed by atoms with Gasteiger partial charge in [0, 0.05) is 25.2 Å². The van der Waals surface area contributed by atoms with Crippen molar-refractivity contribution in [3.05, 3.63) is 71.0 Å². The van der Waals surface area contributed by atoms with Crippen LogP contribution in [0.4, 0.5) is 4.39 Å². The fourth-order valence-electron chi connectivity index (χ4n) is 3.57. The lowest BCUT2D eigenvalue weighted by Crippen LogP contribution is -2.39. The minimum atomic E-state index is -0.294. The van der Waals surface area contributed by atoms with Crippen molar-refractivity contribution in [2.45, 2.75) is 25.4 Å². The van der Waals surface area contributed by atoms with Crippen LogP contribution >= 0.6 is 0 Å². The molecular weight excluding hydrogens is 327 g/mol. The Labute approximate surface area is 154 Å². The average Bonchev–Trinajstić information content (AvgIpc) is 3.07. The van der Waals surface area contributed by atoms with E-state index in [1.54, 1.807) is 30.1 Å². The maximum Gasteiger partial charge on any atom is 0.236 e. The van der Waals surface area contributed by atoms with Crippen molar-refractivity contribution in [1.82, 2.24) is 9.80 Å². The highest BCUT2D eigenvalue weighted by Gasteiger charge is 2.29. The fourth-order valence-corrected chi connectivity index (χ4v) is 3.57. The number of amides is 1. The summed E-state index contributed by atoms with van der Waals surface area (Å²) in [6.07, 6.45) is 7.51. The van der Waals surface area contributed by atoms with Crippen molar-refractivity contribution < 1.29 is 9.18 Å². The first-order chi connectivity index (χ1) is 12.6. The van der Waals surface area contributed by atoms with Gasteiger partial charge >= 0.3 is 0 Å². The van der Waals surface area contributed by atoms with Crippen molar-refractivity contribution in [3.8, 4) is 12.3 Å². The molecule has 3 nitrogen and oxygen atoms in total. The molecule has 0 N–H and O–H groups in total. The normalized spacial score (nSPS) is 15.5. The molecule has 1 aliphatic rings. The first-order valence-electron chi connectivity index (χ1n) is 8.83. The molecule has 3 rings (SSSR count). The third-order valence-electron chi connectivity index (χ3n) is 4.97. The molecule has 4 heteroatoms. The second-order valence-electron chi connectivity index (χ2n) is 6.70. The van der Waals surface area contributed by atoms with E-state index in [2.05, 4.69) is 18.1 Å². The summed E-state index contributed by atoms with van der Waals surface area (Å²) in [4.78, 5) is 16.3. The van der Waals surface area contributed by atoms with Crippen LogP contribution in [0.2, 0.25) is 0 Å². The van der Waals surface area contributed by atoms with Crippen molar-refractivity contribution in [3.63, 3.8) is 0 Å². The van der Waals surface area contributed by atoms with Gasteiger partial charge in [0.05, 0.1) is 13.1 Å². The molecule has 0 saturated carbocycles. The number of nitrogens with zero attached hydrogens (tertiary/aromatic N) is 2. The predicted molar refractivity (Wildman–Crippen MR) is 101 cm³/mol.